The predicted molar refractivity (Wildman–Crippen MR) is 76.1 cm³/mol. The van der Waals surface area contributed by atoms with Crippen LogP contribution in [0.1, 0.15) is 50.5 Å². The number of carbonyl (C=O) groups is 1. The average Bonchev–Trinajstić information content (AvgIpc) is 2.42. The van der Waals surface area contributed by atoms with Gasteiger partial charge < -0.3 is 9.84 Å². The summed E-state index contributed by atoms with van der Waals surface area (Å²) in [5, 5.41) is 8.49. The van der Waals surface area contributed by atoms with E-state index in [1.807, 2.05) is 18.2 Å². The molecule has 3 heteroatoms. The molecule has 0 atom stereocenters. The zero-order chi connectivity index (χ0) is 13.8. The second-order valence-electron chi connectivity index (χ2n) is 4.80. The number of carboxylic acids is 1. The monoisotopic (exact) mass is 264 g/mol. The molecule has 1 rings (SSSR count). The summed E-state index contributed by atoms with van der Waals surface area (Å²) < 4.78 is 5.60. The van der Waals surface area contributed by atoms with Crippen LogP contribution in [0.5, 0.6) is 0 Å². The van der Waals surface area contributed by atoms with Crippen molar-refractivity contribution in [2.75, 3.05) is 6.61 Å². The fraction of sp³-hybridized carbons (Fsp3) is 0.562. The van der Waals surface area contributed by atoms with Crippen molar-refractivity contribution in [3.8, 4) is 0 Å². The normalized spacial score (nSPS) is 10.5. The maximum absolute atomic E-state index is 10.3. The molecule has 1 N–H and O–H groups in total. The molecule has 0 heterocycles. The molecule has 0 aliphatic carbocycles. The van der Waals surface area contributed by atoms with E-state index in [0.717, 1.165) is 32.3 Å². The summed E-state index contributed by atoms with van der Waals surface area (Å²) >= 11 is 0. The minimum Gasteiger partial charge on any atom is -0.481 e. The van der Waals surface area contributed by atoms with Crippen LogP contribution in [0.3, 0.4) is 0 Å². The molecular weight excluding hydrogens is 240 g/mol. The molecule has 0 amide bonds. The van der Waals surface area contributed by atoms with Crippen molar-refractivity contribution in [2.24, 2.45) is 0 Å². The Bertz CT molecular complexity index is 335. The van der Waals surface area contributed by atoms with Crippen molar-refractivity contribution in [1.29, 1.82) is 0 Å². The second kappa shape index (κ2) is 10.6. The van der Waals surface area contributed by atoms with Crippen molar-refractivity contribution in [3.05, 3.63) is 35.9 Å². The molecule has 0 fully saturated rings. The van der Waals surface area contributed by atoms with E-state index < -0.39 is 5.97 Å². The number of aliphatic carboxylic acids is 1. The van der Waals surface area contributed by atoms with Gasteiger partial charge in [-0.3, -0.25) is 4.79 Å². The molecule has 3 nitrogen and oxygen atoms in total. The molecular formula is C16H24O3. The van der Waals surface area contributed by atoms with Gasteiger partial charge in [0.25, 0.3) is 0 Å². The number of hydrogen-bond acceptors (Lipinski definition) is 2. The Morgan fingerprint density at radius 2 is 1.58 bits per heavy atom. The van der Waals surface area contributed by atoms with Gasteiger partial charge in [0.1, 0.15) is 0 Å². The molecule has 0 saturated heterocycles. The summed E-state index contributed by atoms with van der Waals surface area (Å²) in [6, 6.07) is 10.2. The summed E-state index contributed by atoms with van der Waals surface area (Å²) in [5.74, 6) is -0.686. The Morgan fingerprint density at radius 1 is 0.947 bits per heavy atom. The van der Waals surface area contributed by atoms with Gasteiger partial charge in [0.05, 0.1) is 6.61 Å². The minimum atomic E-state index is -0.686. The Balaban J connectivity index is 1.83. The van der Waals surface area contributed by atoms with E-state index in [9.17, 15) is 4.79 Å². The summed E-state index contributed by atoms with van der Waals surface area (Å²) in [4.78, 5) is 10.3. The highest BCUT2D eigenvalue weighted by atomic mass is 16.5. The topological polar surface area (TPSA) is 46.5 Å². The molecule has 0 aliphatic rings. The molecule has 0 unspecified atom stereocenters. The Morgan fingerprint density at radius 3 is 2.26 bits per heavy atom. The zero-order valence-electron chi connectivity index (χ0n) is 11.5. The first-order chi connectivity index (χ1) is 9.29. The number of hydrogen-bond donors (Lipinski definition) is 1. The van der Waals surface area contributed by atoms with E-state index in [2.05, 4.69) is 12.1 Å². The molecule has 1 aromatic rings. The average molecular weight is 264 g/mol. The lowest BCUT2D eigenvalue weighted by Crippen LogP contribution is -1.96. The summed E-state index contributed by atoms with van der Waals surface area (Å²) in [6.45, 7) is 1.50. The smallest absolute Gasteiger partial charge is 0.303 e. The Kier molecular flexibility index (Phi) is 8.73. The molecule has 0 aromatic heterocycles. The standard InChI is InChI=1S/C16H24O3/c17-16(18)12-8-3-1-2-4-9-13-19-14-15-10-6-5-7-11-15/h5-7,10-11H,1-4,8-9,12-14H2,(H,17,18). The van der Waals surface area contributed by atoms with Gasteiger partial charge in [-0.25, -0.2) is 0 Å². The lowest BCUT2D eigenvalue weighted by atomic mass is 10.1. The van der Waals surface area contributed by atoms with Gasteiger partial charge in [0.15, 0.2) is 0 Å². The third kappa shape index (κ3) is 9.25. The molecule has 0 saturated carbocycles. The van der Waals surface area contributed by atoms with Gasteiger partial charge in [0, 0.05) is 13.0 Å². The number of unbranched alkanes of at least 4 members (excludes halogenated alkanes) is 5. The van der Waals surface area contributed by atoms with Crippen LogP contribution in [-0.2, 0) is 16.1 Å². The molecule has 19 heavy (non-hydrogen) atoms. The summed E-state index contributed by atoms with van der Waals surface area (Å²) in [5.41, 5.74) is 1.22. The van der Waals surface area contributed by atoms with Crippen LogP contribution in [0.4, 0.5) is 0 Å². The van der Waals surface area contributed by atoms with Crippen LogP contribution in [0.25, 0.3) is 0 Å². The highest BCUT2D eigenvalue weighted by molar-refractivity contribution is 5.66. The van der Waals surface area contributed by atoms with Gasteiger partial charge in [-0.1, -0.05) is 56.0 Å². The van der Waals surface area contributed by atoms with Gasteiger partial charge in [-0.2, -0.15) is 0 Å². The van der Waals surface area contributed by atoms with Gasteiger partial charge >= 0.3 is 5.97 Å². The fourth-order valence-electron chi connectivity index (χ4n) is 1.95. The zero-order valence-corrected chi connectivity index (χ0v) is 11.5. The number of benzene rings is 1. The van der Waals surface area contributed by atoms with Crippen molar-refractivity contribution in [3.63, 3.8) is 0 Å². The number of ether oxygens (including phenoxy) is 1. The van der Waals surface area contributed by atoms with E-state index in [4.69, 9.17) is 9.84 Å². The van der Waals surface area contributed by atoms with E-state index in [1.165, 1.54) is 18.4 Å². The lowest BCUT2D eigenvalue weighted by molar-refractivity contribution is -0.137. The molecule has 0 aliphatic heterocycles. The molecule has 0 radical (unpaired) electrons. The third-order valence-electron chi connectivity index (χ3n) is 3.04. The van der Waals surface area contributed by atoms with Crippen LogP contribution >= 0.6 is 0 Å². The van der Waals surface area contributed by atoms with E-state index in [1.54, 1.807) is 0 Å². The van der Waals surface area contributed by atoms with Crippen molar-refractivity contribution in [2.45, 2.75) is 51.6 Å². The van der Waals surface area contributed by atoms with Crippen LogP contribution in [0, 0.1) is 0 Å². The molecule has 0 spiro atoms. The predicted octanol–water partition coefficient (Wildman–Crippen LogP) is 4.02. The van der Waals surface area contributed by atoms with Crippen molar-refractivity contribution < 1.29 is 14.6 Å². The Hall–Kier alpha value is -1.35. The quantitative estimate of drug-likeness (QED) is 0.614. The summed E-state index contributed by atoms with van der Waals surface area (Å²) in [7, 11) is 0. The first kappa shape index (κ1) is 15.7. The third-order valence-corrected chi connectivity index (χ3v) is 3.04. The Labute approximate surface area is 115 Å². The van der Waals surface area contributed by atoms with Crippen molar-refractivity contribution >= 4 is 5.97 Å². The largest absolute Gasteiger partial charge is 0.481 e. The molecule has 1 aromatic carbocycles. The lowest BCUT2D eigenvalue weighted by Gasteiger charge is -2.04. The number of carboxylic acid groups (broad SMARTS) is 1. The first-order valence-electron chi connectivity index (χ1n) is 7.12. The van der Waals surface area contributed by atoms with E-state index in [-0.39, 0.29) is 0 Å². The summed E-state index contributed by atoms with van der Waals surface area (Å²) in [6.07, 6.45) is 6.70. The first-order valence-corrected chi connectivity index (χ1v) is 7.12. The highest BCUT2D eigenvalue weighted by Gasteiger charge is 1.97. The SMILES string of the molecule is O=C(O)CCCCCCCCOCc1ccccc1. The van der Waals surface area contributed by atoms with Crippen molar-refractivity contribution in [1.82, 2.24) is 0 Å². The van der Waals surface area contributed by atoms with Crippen LogP contribution in [-0.4, -0.2) is 17.7 Å². The highest BCUT2D eigenvalue weighted by Crippen LogP contribution is 2.08. The van der Waals surface area contributed by atoms with Crippen LogP contribution in [0.15, 0.2) is 30.3 Å². The second-order valence-corrected chi connectivity index (χ2v) is 4.80. The van der Waals surface area contributed by atoms with Crippen LogP contribution in [0.2, 0.25) is 0 Å². The molecule has 106 valence electrons. The molecule has 0 bridgehead atoms. The van der Waals surface area contributed by atoms with Crippen LogP contribution < -0.4 is 0 Å². The van der Waals surface area contributed by atoms with E-state index >= 15 is 0 Å². The number of rotatable bonds is 11. The van der Waals surface area contributed by atoms with Gasteiger partial charge in [-0.05, 0) is 18.4 Å². The van der Waals surface area contributed by atoms with Gasteiger partial charge in [-0.15, -0.1) is 0 Å². The minimum absolute atomic E-state index is 0.306. The fourth-order valence-corrected chi connectivity index (χ4v) is 1.95. The van der Waals surface area contributed by atoms with E-state index in [0.29, 0.717) is 13.0 Å². The maximum atomic E-state index is 10.3. The maximum Gasteiger partial charge on any atom is 0.303 e. The van der Waals surface area contributed by atoms with Gasteiger partial charge in [0.2, 0.25) is 0 Å².